The molecule has 4 atom stereocenters. The first-order valence-electron chi connectivity index (χ1n) is 12.9. The third-order valence-corrected chi connectivity index (χ3v) is 8.17. The lowest BCUT2D eigenvalue weighted by atomic mass is 9.83. The van der Waals surface area contributed by atoms with Gasteiger partial charge in [-0.15, -0.1) is 0 Å². The molecule has 2 amide bonds. The lowest BCUT2D eigenvalue weighted by molar-refractivity contribution is -0.123. The van der Waals surface area contributed by atoms with Gasteiger partial charge in [0.15, 0.2) is 28.8 Å². The molecule has 8 rings (SSSR count). The molecule has 194 valence electrons. The molecule has 9 nitrogen and oxygen atoms in total. The van der Waals surface area contributed by atoms with E-state index in [2.05, 4.69) is 0 Å². The van der Waals surface area contributed by atoms with Gasteiger partial charge in [0.2, 0.25) is 18.6 Å². The molecule has 0 bridgehead atoms. The first-order valence-corrected chi connectivity index (χ1v) is 12.9. The smallest absolute Gasteiger partial charge is 0.240 e. The Morgan fingerprint density at radius 2 is 1.49 bits per heavy atom. The summed E-state index contributed by atoms with van der Waals surface area (Å²) in [5.41, 5.74) is 2.69. The summed E-state index contributed by atoms with van der Waals surface area (Å²) in [5, 5.41) is 0. The van der Waals surface area contributed by atoms with Crippen molar-refractivity contribution in [2.45, 2.75) is 12.1 Å². The second-order valence-electron chi connectivity index (χ2n) is 10.1. The molecule has 0 saturated carbocycles. The molecule has 0 aromatic heterocycles. The third kappa shape index (κ3) is 3.10. The van der Waals surface area contributed by atoms with E-state index in [1.807, 2.05) is 41.4 Å². The van der Waals surface area contributed by atoms with Gasteiger partial charge in [-0.2, -0.15) is 0 Å². The Kier molecular flexibility index (Phi) is 4.62. The van der Waals surface area contributed by atoms with Gasteiger partial charge in [0, 0.05) is 17.8 Å². The number of imide groups is 1. The number of carbonyl (C=O) groups is 3. The fourth-order valence-electron chi connectivity index (χ4n) is 6.50. The van der Waals surface area contributed by atoms with Crippen LogP contribution in [0.3, 0.4) is 0 Å². The number of benzene rings is 3. The minimum Gasteiger partial charge on any atom is -0.486 e. The zero-order valence-corrected chi connectivity index (χ0v) is 20.6. The fourth-order valence-corrected chi connectivity index (χ4v) is 6.50. The molecule has 0 radical (unpaired) electrons. The van der Waals surface area contributed by atoms with Crippen molar-refractivity contribution in [2.75, 3.05) is 24.9 Å². The van der Waals surface area contributed by atoms with Crippen molar-refractivity contribution in [2.24, 2.45) is 11.8 Å². The van der Waals surface area contributed by atoms with E-state index in [1.165, 1.54) is 4.90 Å². The summed E-state index contributed by atoms with van der Waals surface area (Å²) in [5.74, 6) is -0.488. The number of Topliss-reactive ketones (excluding diaryl/α,β-unsaturated/α-hetero) is 1. The predicted octanol–water partition coefficient (Wildman–Crippen LogP) is 3.58. The second kappa shape index (κ2) is 8.10. The summed E-state index contributed by atoms with van der Waals surface area (Å²) in [6, 6.07) is 16.5. The standard InChI is InChI=1S/C30H22N2O7/c33-28(17-5-7-21-22(13-17)39-15-38-21)27-25-24(26-19-4-2-1-3-16(19)9-10-31(26)27)29(34)32(30(25)35)18-6-8-20-23(14-18)37-12-11-36-20/h1-10,13-14,24-27H,11-12,15H2/t24-,25+,26+,27-/m0/s1. The Balaban J connectivity index is 1.24. The van der Waals surface area contributed by atoms with Crippen molar-refractivity contribution in [3.63, 3.8) is 0 Å². The van der Waals surface area contributed by atoms with E-state index in [0.717, 1.165) is 11.1 Å². The summed E-state index contributed by atoms with van der Waals surface area (Å²) >= 11 is 0. The SMILES string of the molecule is O=C(c1ccc2c(c1)OCO2)[C@@H]1[C@@H]2C(=O)N(c3ccc4c(c3)OCCO4)C(=O)[C@@H]2[C@H]2c3ccccc3C=CN12. The predicted molar refractivity (Wildman–Crippen MR) is 138 cm³/mol. The molecule has 2 fully saturated rings. The lowest BCUT2D eigenvalue weighted by Gasteiger charge is -2.35. The molecule has 3 aromatic rings. The topological polar surface area (TPSA) is 94.6 Å². The zero-order chi connectivity index (χ0) is 26.2. The van der Waals surface area contributed by atoms with Crippen LogP contribution in [0.1, 0.15) is 27.5 Å². The number of carbonyl (C=O) groups excluding carboxylic acids is 3. The Hall–Kier alpha value is -4.79. The van der Waals surface area contributed by atoms with Gasteiger partial charge >= 0.3 is 0 Å². The molecule has 3 aromatic carbocycles. The molecule has 0 N–H and O–H groups in total. The van der Waals surface area contributed by atoms with Crippen molar-refractivity contribution in [1.29, 1.82) is 0 Å². The molecule has 0 unspecified atom stereocenters. The van der Waals surface area contributed by atoms with Crippen LogP contribution in [-0.2, 0) is 9.59 Å². The van der Waals surface area contributed by atoms with Gasteiger partial charge in [-0.1, -0.05) is 24.3 Å². The van der Waals surface area contributed by atoms with Gasteiger partial charge in [-0.3, -0.25) is 14.4 Å². The Bertz CT molecular complexity index is 1610. The van der Waals surface area contributed by atoms with Crippen LogP contribution in [0.25, 0.3) is 6.08 Å². The van der Waals surface area contributed by atoms with Crippen LogP contribution >= 0.6 is 0 Å². The van der Waals surface area contributed by atoms with E-state index in [9.17, 15) is 14.4 Å². The molecular weight excluding hydrogens is 500 g/mol. The number of hydrogen-bond acceptors (Lipinski definition) is 8. The first kappa shape index (κ1) is 22.2. The highest BCUT2D eigenvalue weighted by atomic mass is 16.7. The van der Waals surface area contributed by atoms with E-state index in [0.29, 0.717) is 47.5 Å². The number of fused-ring (bicyclic) bond motifs is 7. The van der Waals surface area contributed by atoms with Crippen molar-refractivity contribution in [3.8, 4) is 23.0 Å². The molecule has 5 aliphatic heterocycles. The number of nitrogens with zero attached hydrogens (tertiary/aromatic N) is 2. The summed E-state index contributed by atoms with van der Waals surface area (Å²) < 4.78 is 22.2. The van der Waals surface area contributed by atoms with E-state index in [-0.39, 0.29) is 18.5 Å². The highest BCUT2D eigenvalue weighted by molar-refractivity contribution is 6.24. The minimum atomic E-state index is -0.872. The maximum absolute atomic E-state index is 14.2. The number of ketones is 1. The Morgan fingerprint density at radius 3 is 2.38 bits per heavy atom. The second-order valence-corrected chi connectivity index (χ2v) is 10.1. The Labute approximate surface area is 223 Å². The largest absolute Gasteiger partial charge is 0.486 e. The van der Waals surface area contributed by atoms with Crippen molar-refractivity contribution in [1.82, 2.24) is 4.90 Å². The van der Waals surface area contributed by atoms with E-state index >= 15 is 0 Å². The number of hydrogen-bond donors (Lipinski definition) is 0. The zero-order valence-electron chi connectivity index (χ0n) is 20.6. The summed E-state index contributed by atoms with van der Waals surface area (Å²) in [6.45, 7) is 0.911. The van der Waals surface area contributed by atoms with Gasteiger partial charge < -0.3 is 23.8 Å². The fraction of sp³-hybridized carbons (Fsp3) is 0.233. The van der Waals surface area contributed by atoms with Crippen LogP contribution in [0.2, 0.25) is 0 Å². The van der Waals surface area contributed by atoms with E-state index in [4.69, 9.17) is 18.9 Å². The number of anilines is 1. The third-order valence-electron chi connectivity index (χ3n) is 8.17. The van der Waals surface area contributed by atoms with Gasteiger partial charge in [0.1, 0.15) is 19.3 Å². The van der Waals surface area contributed by atoms with Crippen molar-refractivity contribution in [3.05, 3.63) is 83.6 Å². The molecule has 5 heterocycles. The molecule has 0 spiro atoms. The maximum atomic E-state index is 14.2. The average Bonchev–Trinajstić information content (AvgIpc) is 3.65. The highest BCUT2D eigenvalue weighted by Gasteiger charge is 2.64. The van der Waals surface area contributed by atoms with Gasteiger partial charge in [-0.05, 0) is 47.5 Å². The summed E-state index contributed by atoms with van der Waals surface area (Å²) in [4.78, 5) is 45.5. The van der Waals surface area contributed by atoms with Gasteiger partial charge in [0.25, 0.3) is 0 Å². The molecule has 2 saturated heterocycles. The monoisotopic (exact) mass is 522 g/mol. The highest BCUT2D eigenvalue weighted by Crippen LogP contribution is 2.54. The molecule has 9 heteroatoms. The van der Waals surface area contributed by atoms with Gasteiger partial charge in [-0.25, -0.2) is 4.90 Å². The molecule has 5 aliphatic rings. The number of rotatable bonds is 3. The quantitative estimate of drug-likeness (QED) is 0.381. The van der Waals surface area contributed by atoms with Crippen LogP contribution in [0.5, 0.6) is 23.0 Å². The maximum Gasteiger partial charge on any atom is 0.240 e. The average molecular weight is 523 g/mol. The molecular formula is C30H22N2O7. The van der Waals surface area contributed by atoms with Crippen molar-refractivity contribution < 1.29 is 33.3 Å². The Morgan fingerprint density at radius 1 is 0.769 bits per heavy atom. The van der Waals surface area contributed by atoms with Gasteiger partial charge in [0.05, 0.1) is 23.6 Å². The van der Waals surface area contributed by atoms with Crippen LogP contribution in [0.4, 0.5) is 5.69 Å². The van der Waals surface area contributed by atoms with Crippen LogP contribution in [0.15, 0.2) is 66.9 Å². The summed E-state index contributed by atoms with van der Waals surface area (Å²) in [7, 11) is 0. The number of amides is 2. The van der Waals surface area contributed by atoms with Crippen molar-refractivity contribution >= 4 is 29.4 Å². The number of ether oxygens (including phenoxy) is 4. The molecule has 39 heavy (non-hydrogen) atoms. The summed E-state index contributed by atoms with van der Waals surface area (Å²) in [6.07, 6.45) is 3.77. The molecule has 0 aliphatic carbocycles. The minimum absolute atomic E-state index is 0.0896. The van der Waals surface area contributed by atoms with E-state index < -0.39 is 29.8 Å². The lowest BCUT2D eigenvalue weighted by Crippen LogP contribution is -2.44. The van der Waals surface area contributed by atoms with E-state index in [1.54, 1.807) is 36.4 Å². The van der Waals surface area contributed by atoms with Crippen LogP contribution < -0.4 is 23.8 Å². The van der Waals surface area contributed by atoms with Crippen LogP contribution in [0, 0.1) is 11.8 Å². The normalized spacial score (nSPS) is 25.4. The van der Waals surface area contributed by atoms with Crippen LogP contribution in [-0.4, -0.2) is 48.5 Å². The first-order chi connectivity index (χ1) is 19.1.